The highest BCUT2D eigenvalue weighted by molar-refractivity contribution is 6.30. The second kappa shape index (κ2) is 10.6. The van der Waals surface area contributed by atoms with E-state index in [1.807, 2.05) is 33.7 Å². The Bertz CT molecular complexity index is 1070. The van der Waals surface area contributed by atoms with Gasteiger partial charge in [0.25, 0.3) is 5.91 Å². The highest BCUT2D eigenvalue weighted by Gasteiger charge is 2.19. The molecule has 3 aromatic rings. The highest BCUT2D eigenvalue weighted by Crippen LogP contribution is 2.19. The average Bonchev–Trinajstić information content (AvgIpc) is 2.96. The molecule has 4 rings (SSSR count). The number of amides is 2. The van der Waals surface area contributed by atoms with Gasteiger partial charge in [0, 0.05) is 36.6 Å². The summed E-state index contributed by atoms with van der Waals surface area (Å²) in [5.74, 6) is 0.925. The summed E-state index contributed by atoms with van der Waals surface area (Å²) in [4.78, 5) is 32.1. The molecule has 32 heavy (non-hydrogen) atoms. The summed E-state index contributed by atoms with van der Waals surface area (Å²) in [6.07, 6.45) is 5.98. The molecule has 1 saturated heterocycles. The Kier molecular flexibility index (Phi) is 7.43. The minimum Gasteiger partial charge on any atom is -0.352 e. The van der Waals surface area contributed by atoms with Crippen molar-refractivity contribution in [2.75, 3.05) is 19.6 Å². The number of benzene rings is 2. The predicted molar refractivity (Wildman–Crippen MR) is 127 cm³/mol. The number of imidazole rings is 1. The van der Waals surface area contributed by atoms with Crippen LogP contribution in [0.15, 0.2) is 48.5 Å². The van der Waals surface area contributed by atoms with Crippen LogP contribution < -0.4 is 5.32 Å². The Hall–Kier alpha value is -2.86. The Balaban J connectivity index is 1.40. The van der Waals surface area contributed by atoms with E-state index in [-0.39, 0.29) is 11.8 Å². The smallest absolute Gasteiger partial charge is 0.251 e. The number of hydrogen-bond donors (Lipinski definition) is 1. The van der Waals surface area contributed by atoms with E-state index in [0.29, 0.717) is 30.1 Å². The van der Waals surface area contributed by atoms with Gasteiger partial charge < -0.3 is 14.8 Å². The first-order chi connectivity index (χ1) is 15.6. The number of likely N-dealkylation sites (tertiary alicyclic amines) is 1. The third kappa shape index (κ3) is 5.49. The number of rotatable bonds is 7. The summed E-state index contributed by atoms with van der Waals surface area (Å²) in [6.45, 7) is 2.53. The first-order valence-corrected chi connectivity index (χ1v) is 11.8. The fraction of sp³-hybridized carbons (Fsp3) is 0.400. The van der Waals surface area contributed by atoms with E-state index in [2.05, 4.69) is 5.32 Å². The van der Waals surface area contributed by atoms with Crippen molar-refractivity contribution in [3.05, 3.63) is 64.9 Å². The normalized spacial score (nSPS) is 14.3. The van der Waals surface area contributed by atoms with Crippen LogP contribution in [0.5, 0.6) is 0 Å². The summed E-state index contributed by atoms with van der Waals surface area (Å²) in [7, 11) is 0. The second-order valence-corrected chi connectivity index (χ2v) is 8.70. The van der Waals surface area contributed by atoms with Gasteiger partial charge in [-0.1, -0.05) is 36.6 Å². The maximum absolute atomic E-state index is 13.0. The van der Waals surface area contributed by atoms with Crippen molar-refractivity contribution in [2.45, 2.75) is 45.1 Å². The Labute approximate surface area is 193 Å². The molecule has 0 bridgehead atoms. The molecule has 2 aromatic carbocycles. The van der Waals surface area contributed by atoms with Crippen LogP contribution in [-0.4, -0.2) is 45.9 Å². The lowest BCUT2D eigenvalue weighted by Gasteiger charge is -2.21. The number of aryl methyl sites for hydroxylation is 1. The van der Waals surface area contributed by atoms with Crippen molar-refractivity contribution in [1.82, 2.24) is 19.8 Å². The van der Waals surface area contributed by atoms with Gasteiger partial charge in [0.1, 0.15) is 12.4 Å². The van der Waals surface area contributed by atoms with Crippen molar-refractivity contribution in [2.24, 2.45) is 0 Å². The van der Waals surface area contributed by atoms with Crippen molar-refractivity contribution in [3.8, 4) is 0 Å². The van der Waals surface area contributed by atoms with Gasteiger partial charge in [-0.05, 0) is 55.7 Å². The van der Waals surface area contributed by atoms with Crippen LogP contribution in [0.4, 0.5) is 0 Å². The Morgan fingerprint density at radius 3 is 2.44 bits per heavy atom. The van der Waals surface area contributed by atoms with Crippen LogP contribution in [0.1, 0.15) is 48.3 Å². The molecule has 1 aliphatic heterocycles. The van der Waals surface area contributed by atoms with E-state index in [1.165, 1.54) is 12.8 Å². The minimum atomic E-state index is -0.119. The molecule has 0 spiro atoms. The first-order valence-electron chi connectivity index (χ1n) is 11.4. The average molecular weight is 453 g/mol. The third-order valence-corrected chi connectivity index (χ3v) is 6.21. The number of halogens is 1. The summed E-state index contributed by atoms with van der Waals surface area (Å²) in [5, 5.41) is 3.55. The van der Waals surface area contributed by atoms with Gasteiger partial charge in [0.2, 0.25) is 5.91 Å². The monoisotopic (exact) mass is 452 g/mol. The van der Waals surface area contributed by atoms with Crippen LogP contribution in [0.25, 0.3) is 11.0 Å². The van der Waals surface area contributed by atoms with Crippen LogP contribution in [0.3, 0.4) is 0 Å². The highest BCUT2D eigenvalue weighted by atomic mass is 35.5. The molecular formula is C25H29ClN4O2. The van der Waals surface area contributed by atoms with Gasteiger partial charge in [-0.2, -0.15) is 0 Å². The molecule has 1 fully saturated rings. The number of para-hydroxylation sites is 2. The van der Waals surface area contributed by atoms with Crippen LogP contribution in [0, 0.1) is 0 Å². The van der Waals surface area contributed by atoms with Gasteiger partial charge in [-0.15, -0.1) is 0 Å². The number of nitrogens with zero attached hydrogens (tertiary/aromatic N) is 3. The topological polar surface area (TPSA) is 67.2 Å². The molecule has 7 heteroatoms. The summed E-state index contributed by atoms with van der Waals surface area (Å²) >= 11 is 5.88. The fourth-order valence-corrected chi connectivity index (χ4v) is 4.33. The SMILES string of the molecule is O=C(NCCCc1nc2ccccc2n1CC(=O)N1CCCCCC1)c1ccc(Cl)cc1. The quantitative estimate of drug-likeness (QED) is 0.538. The van der Waals surface area contributed by atoms with Crippen LogP contribution >= 0.6 is 11.6 Å². The number of carbonyl (C=O) groups is 2. The van der Waals surface area contributed by atoms with Crippen molar-refractivity contribution >= 4 is 34.4 Å². The van der Waals surface area contributed by atoms with E-state index in [4.69, 9.17) is 16.6 Å². The number of fused-ring (bicyclic) bond motifs is 1. The summed E-state index contributed by atoms with van der Waals surface area (Å²) in [6, 6.07) is 14.8. The lowest BCUT2D eigenvalue weighted by molar-refractivity contribution is -0.131. The zero-order valence-corrected chi connectivity index (χ0v) is 19.0. The summed E-state index contributed by atoms with van der Waals surface area (Å²) in [5.41, 5.74) is 2.47. The maximum Gasteiger partial charge on any atom is 0.251 e. The van der Waals surface area contributed by atoms with Gasteiger partial charge in [0.15, 0.2) is 0 Å². The number of hydrogen-bond acceptors (Lipinski definition) is 3. The molecule has 0 unspecified atom stereocenters. The zero-order valence-electron chi connectivity index (χ0n) is 18.2. The molecule has 0 saturated carbocycles. The van der Waals surface area contributed by atoms with E-state index in [9.17, 15) is 9.59 Å². The number of aromatic nitrogens is 2. The molecule has 0 radical (unpaired) electrons. The molecule has 168 valence electrons. The van der Waals surface area contributed by atoms with Crippen LogP contribution in [-0.2, 0) is 17.8 Å². The van der Waals surface area contributed by atoms with E-state index < -0.39 is 0 Å². The maximum atomic E-state index is 13.0. The molecule has 2 amide bonds. The molecule has 0 atom stereocenters. The fourth-order valence-electron chi connectivity index (χ4n) is 4.20. The van der Waals surface area contributed by atoms with Gasteiger partial charge in [-0.25, -0.2) is 4.98 Å². The van der Waals surface area contributed by atoms with Gasteiger partial charge in [0.05, 0.1) is 11.0 Å². The Morgan fingerprint density at radius 2 is 1.69 bits per heavy atom. The molecule has 1 aromatic heterocycles. The lowest BCUT2D eigenvalue weighted by atomic mass is 10.2. The predicted octanol–water partition coefficient (Wildman–Crippen LogP) is 4.45. The Morgan fingerprint density at radius 1 is 0.969 bits per heavy atom. The van der Waals surface area contributed by atoms with Crippen molar-refractivity contribution < 1.29 is 9.59 Å². The summed E-state index contributed by atoms with van der Waals surface area (Å²) < 4.78 is 2.05. The van der Waals surface area contributed by atoms with Crippen molar-refractivity contribution in [3.63, 3.8) is 0 Å². The molecule has 0 aliphatic carbocycles. The van der Waals surface area contributed by atoms with Gasteiger partial charge >= 0.3 is 0 Å². The molecule has 1 N–H and O–H groups in total. The first kappa shape index (κ1) is 22.3. The zero-order chi connectivity index (χ0) is 22.3. The van der Waals surface area contributed by atoms with E-state index in [0.717, 1.165) is 49.2 Å². The molecule has 2 heterocycles. The second-order valence-electron chi connectivity index (χ2n) is 8.26. The molecular weight excluding hydrogens is 424 g/mol. The standard InChI is InChI=1S/C25H29ClN4O2/c26-20-13-11-19(12-14-20)25(32)27-15-7-10-23-28-21-8-3-4-9-22(21)30(23)18-24(31)29-16-5-1-2-6-17-29/h3-4,8-9,11-14H,1-2,5-7,10,15-18H2,(H,27,32). The van der Waals surface area contributed by atoms with Crippen LogP contribution in [0.2, 0.25) is 5.02 Å². The molecule has 1 aliphatic rings. The lowest BCUT2D eigenvalue weighted by Crippen LogP contribution is -2.35. The number of nitrogens with one attached hydrogen (secondary N) is 1. The largest absolute Gasteiger partial charge is 0.352 e. The third-order valence-electron chi connectivity index (χ3n) is 5.95. The minimum absolute atomic E-state index is 0.119. The molecule has 6 nitrogen and oxygen atoms in total. The van der Waals surface area contributed by atoms with Crippen molar-refractivity contribution in [1.29, 1.82) is 0 Å². The number of carbonyl (C=O) groups excluding carboxylic acids is 2. The van der Waals surface area contributed by atoms with Gasteiger partial charge in [-0.3, -0.25) is 9.59 Å². The van der Waals surface area contributed by atoms with E-state index >= 15 is 0 Å². The van der Waals surface area contributed by atoms with E-state index in [1.54, 1.807) is 24.3 Å².